The van der Waals surface area contributed by atoms with E-state index in [9.17, 15) is 4.79 Å². The lowest BCUT2D eigenvalue weighted by Gasteiger charge is -2.08. The first-order chi connectivity index (χ1) is 13.7. The molecule has 28 heavy (non-hydrogen) atoms. The predicted molar refractivity (Wildman–Crippen MR) is 122 cm³/mol. The van der Waals surface area contributed by atoms with E-state index >= 15 is 0 Å². The zero-order valence-corrected chi connectivity index (χ0v) is 17.3. The molecule has 0 aliphatic carbocycles. The first-order valence-corrected chi connectivity index (χ1v) is 9.82. The molecule has 4 aromatic carbocycles. The average molecular weight is 480 g/mol. The number of amides is 1. The van der Waals surface area contributed by atoms with Crippen LogP contribution in [0.1, 0.15) is 15.9 Å². The van der Waals surface area contributed by atoms with Crippen molar-refractivity contribution in [3.05, 3.63) is 87.5 Å². The Bertz CT molecular complexity index is 1160. The second-order valence-corrected chi connectivity index (χ2v) is 7.44. The molecule has 0 unspecified atom stereocenters. The molecule has 0 bridgehead atoms. The molecule has 4 nitrogen and oxygen atoms in total. The number of hydrogen-bond acceptors (Lipinski definition) is 3. The Balaban J connectivity index is 1.66. The van der Waals surface area contributed by atoms with Gasteiger partial charge in [0.15, 0.2) is 0 Å². The van der Waals surface area contributed by atoms with Gasteiger partial charge in [-0.05, 0) is 68.4 Å². The van der Waals surface area contributed by atoms with E-state index < -0.39 is 0 Å². The summed E-state index contributed by atoms with van der Waals surface area (Å²) in [5.74, 6) is 0.476. The molecule has 0 atom stereocenters. The van der Waals surface area contributed by atoms with E-state index in [4.69, 9.17) is 4.74 Å². The molecule has 138 valence electrons. The number of nitrogens with zero attached hydrogens (tertiary/aromatic N) is 1. The van der Waals surface area contributed by atoms with Gasteiger partial charge in [-0.2, -0.15) is 5.10 Å². The summed E-state index contributed by atoms with van der Waals surface area (Å²) in [7, 11) is 1.61. The summed E-state index contributed by atoms with van der Waals surface area (Å²) >= 11 is 2.14. The maximum Gasteiger partial charge on any atom is 0.271 e. The summed E-state index contributed by atoms with van der Waals surface area (Å²) in [5.41, 5.74) is 4.14. The van der Waals surface area contributed by atoms with E-state index in [2.05, 4.69) is 63.4 Å². The van der Waals surface area contributed by atoms with Crippen LogP contribution in [0.2, 0.25) is 0 Å². The van der Waals surface area contributed by atoms with Crippen LogP contribution in [0.25, 0.3) is 21.5 Å². The highest BCUT2D eigenvalue weighted by Crippen LogP contribution is 2.27. The number of fused-ring (bicyclic) bond motifs is 2. The number of benzene rings is 4. The summed E-state index contributed by atoms with van der Waals surface area (Å²) in [6.07, 6.45) is 1.72. The Morgan fingerprint density at radius 1 is 0.964 bits per heavy atom. The second kappa shape index (κ2) is 7.98. The Labute approximate surface area is 176 Å². The van der Waals surface area contributed by atoms with Crippen molar-refractivity contribution in [2.45, 2.75) is 0 Å². The number of halogens is 1. The lowest BCUT2D eigenvalue weighted by atomic mass is 9.97. The third-order valence-electron chi connectivity index (χ3n) is 4.59. The third kappa shape index (κ3) is 3.57. The largest absolute Gasteiger partial charge is 0.496 e. The van der Waals surface area contributed by atoms with Gasteiger partial charge < -0.3 is 4.74 Å². The topological polar surface area (TPSA) is 50.7 Å². The monoisotopic (exact) mass is 480 g/mol. The van der Waals surface area contributed by atoms with E-state index in [0.29, 0.717) is 5.56 Å². The van der Waals surface area contributed by atoms with Crippen LogP contribution in [0.5, 0.6) is 5.75 Å². The molecule has 0 spiro atoms. The zero-order valence-electron chi connectivity index (χ0n) is 15.1. The molecule has 0 radical (unpaired) electrons. The van der Waals surface area contributed by atoms with Gasteiger partial charge in [-0.15, -0.1) is 0 Å². The van der Waals surface area contributed by atoms with Crippen LogP contribution in [0.3, 0.4) is 0 Å². The minimum absolute atomic E-state index is 0.263. The van der Waals surface area contributed by atoms with Crippen molar-refractivity contribution < 1.29 is 9.53 Å². The first kappa shape index (κ1) is 18.4. The van der Waals surface area contributed by atoms with Crippen molar-refractivity contribution in [1.29, 1.82) is 0 Å². The minimum Gasteiger partial charge on any atom is -0.496 e. The van der Waals surface area contributed by atoms with Crippen LogP contribution in [0.15, 0.2) is 77.9 Å². The van der Waals surface area contributed by atoms with Crippen LogP contribution in [0, 0.1) is 3.57 Å². The summed E-state index contributed by atoms with van der Waals surface area (Å²) in [6.45, 7) is 0. The number of carbonyl (C=O) groups excluding carboxylic acids is 1. The Hall–Kier alpha value is -2.93. The number of rotatable bonds is 4. The predicted octanol–water partition coefficient (Wildman–Crippen LogP) is 5.37. The summed E-state index contributed by atoms with van der Waals surface area (Å²) in [5, 5.41) is 8.70. The van der Waals surface area contributed by atoms with Gasteiger partial charge >= 0.3 is 0 Å². The lowest BCUT2D eigenvalue weighted by molar-refractivity contribution is 0.0955. The SMILES string of the molecule is COc1ccc(C(=O)N/N=C/c2c3ccccc3cc3ccccc23)cc1I. The molecule has 0 fully saturated rings. The van der Waals surface area contributed by atoms with Gasteiger partial charge in [-0.25, -0.2) is 5.43 Å². The molecule has 0 heterocycles. The van der Waals surface area contributed by atoms with Crippen molar-refractivity contribution >= 4 is 56.3 Å². The number of hydrogen-bond donors (Lipinski definition) is 1. The Morgan fingerprint density at radius 2 is 1.61 bits per heavy atom. The summed E-state index contributed by atoms with van der Waals surface area (Å²) in [6, 6.07) is 23.8. The number of nitrogens with one attached hydrogen (secondary N) is 1. The molecule has 0 saturated carbocycles. The van der Waals surface area contributed by atoms with Gasteiger partial charge in [-0.3, -0.25) is 4.79 Å². The van der Waals surface area contributed by atoms with E-state index in [1.54, 1.807) is 31.5 Å². The van der Waals surface area contributed by atoms with Crippen LogP contribution in [-0.2, 0) is 0 Å². The highest BCUT2D eigenvalue weighted by molar-refractivity contribution is 14.1. The van der Waals surface area contributed by atoms with Gasteiger partial charge in [0.25, 0.3) is 5.91 Å². The molecule has 1 amide bonds. The van der Waals surface area contributed by atoms with Gasteiger partial charge in [0.05, 0.1) is 16.9 Å². The van der Waals surface area contributed by atoms with Crippen LogP contribution in [0.4, 0.5) is 0 Å². The van der Waals surface area contributed by atoms with Crippen molar-refractivity contribution in [3.8, 4) is 5.75 Å². The lowest BCUT2D eigenvalue weighted by Crippen LogP contribution is -2.17. The standard InChI is InChI=1S/C23H17IN2O2/c1-28-22-11-10-17(13-21(22)24)23(27)26-25-14-20-18-8-4-2-6-15(18)12-16-7-3-5-9-19(16)20/h2-14H,1H3,(H,26,27)/b25-14+. The quantitative estimate of drug-likeness (QED) is 0.185. The second-order valence-electron chi connectivity index (χ2n) is 6.28. The Kier molecular flexibility index (Phi) is 5.25. The summed E-state index contributed by atoms with van der Waals surface area (Å²) in [4.78, 5) is 12.4. The number of methoxy groups -OCH3 is 1. The normalized spacial score (nSPS) is 11.2. The van der Waals surface area contributed by atoms with Gasteiger partial charge in [0.1, 0.15) is 5.75 Å². The number of carbonyl (C=O) groups is 1. The van der Waals surface area contributed by atoms with Gasteiger partial charge in [-0.1, -0.05) is 48.5 Å². The highest BCUT2D eigenvalue weighted by atomic mass is 127. The fourth-order valence-electron chi connectivity index (χ4n) is 3.22. The molecule has 0 aromatic heterocycles. The molecule has 4 rings (SSSR count). The molecule has 4 aromatic rings. The fourth-order valence-corrected chi connectivity index (χ4v) is 3.95. The molecule has 0 saturated heterocycles. The van der Waals surface area contributed by atoms with Crippen molar-refractivity contribution in [2.75, 3.05) is 7.11 Å². The van der Waals surface area contributed by atoms with E-state index in [1.807, 2.05) is 24.3 Å². The molecule has 0 aliphatic heterocycles. The number of hydrazone groups is 1. The van der Waals surface area contributed by atoms with E-state index in [0.717, 1.165) is 36.4 Å². The van der Waals surface area contributed by atoms with Crippen molar-refractivity contribution in [3.63, 3.8) is 0 Å². The van der Waals surface area contributed by atoms with Crippen molar-refractivity contribution in [1.82, 2.24) is 5.43 Å². The smallest absolute Gasteiger partial charge is 0.271 e. The zero-order chi connectivity index (χ0) is 19.5. The molecule has 0 aliphatic rings. The minimum atomic E-state index is -0.263. The maximum atomic E-state index is 12.4. The molecule has 1 N–H and O–H groups in total. The average Bonchev–Trinajstić information content (AvgIpc) is 2.73. The third-order valence-corrected chi connectivity index (χ3v) is 5.43. The molecular formula is C23H17IN2O2. The van der Waals surface area contributed by atoms with E-state index in [-0.39, 0.29) is 5.91 Å². The van der Waals surface area contributed by atoms with Gasteiger partial charge in [0, 0.05) is 11.1 Å². The maximum absolute atomic E-state index is 12.4. The molecule has 5 heteroatoms. The first-order valence-electron chi connectivity index (χ1n) is 8.75. The fraction of sp³-hybridized carbons (Fsp3) is 0.0435. The van der Waals surface area contributed by atoms with Crippen LogP contribution in [-0.4, -0.2) is 19.2 Å². The van der Waals surface area contributed by atoms with Crippen LogP contribution >= 0.6 is 22.6 Å². The highest BCUT2D eigenvalue weighted by Gasteiger charge is 2.09. The Morgan fingerprint density at radius 3 is 2.21 bits per heavy atom. The van der Waals surface area contributed by atoms with Crippen molar-refractivity contribution in [2.24, 2.45) is 5.10 Å². The molecular weight excluding hydrogens is 463 g/mol. The van der Waals surface area contributed by atoms with Gasteiger partial charge in [0.2, 0.25) is 0 Å². The van der Waals surface area contributed by atoms with E-state index in [1.165, 1.54) is 0 Å². The number of ether oxygens (including phenoxy) is 1. The summed E-state index contributed by atoms with van der Waals surface area (Å²) < 4.78 is 6.10. The van der Waals surface area contributed by atoms with Crippen LogP contribution < -0.4 is 10.2 Å².